The SMILES string of the molecule is CC(C)C[C@H](NC(=O)OCc1ccccc1)C(=O)NC(NS(=O)(=O)c1ccccc1OCc1ccccc1)C(C)O. The number of sulfonamides is 1. The lowest BCUT2D eigenvalue weighted by molar-refractivity contribution is -0.125. The van der Waals surface area contributed by atoms with Crippen LogP contribution in [0.1, 0.15) is 38.3 Å². The topological polar surface area (TPSA) is 143 Å². The minimum absolute atomic E-state index is 0.00973. The number of alkyl carbamates (subject to hydrolysis) is 1. The molecule has 2 amide bonds. The second-order valence-corrected chi connectivity index (χ2v) is 11.6. The number of aliphatic hydroxyl groups is 1. The highest BCUT2D eigenvalue weighted by molar-refractivity contribution is 7.89. The summed E-state index contributed by atoms with van der Waals surface area (Å²) in [6.07, 6.45) is -3.25. The van der Waals surface area contributed by atoms with Crippen LogP contribution >= 0.6 is 0 Å². The molecule has 0 aromatic heterocycles. The number of para-hydroxylation sites is 1. The minimum atomic E-state index is -4.26. The van der Waals surface area contributed by atoms with E-state index in [4.69, 9.17) is 9.47 Å². The minimum Gasteiger partial charge on any atom is -0.487 e. The molecular weight excluding hydrogens is 546 g/mol. The molecule has 2 unspecified atom stereocenters. The van der Waals surface area contributed by atoms with Gasteiger partial charge in [0.15, 0.2) is 0 Å². The van der Waals surface area contributed by atoms with Crippen molar-refractivity contribution in [3.05, 3.63) is 96.1 Å². The fourth-order valence-electron chi connectivity index (χ4n) is 3.87. The number of benzene rings is 3. The molecule has 0 saturated heterocycles. The number of ether oxygens (including phenoxy) is 2. The van der Waals surface area contributed by atoms with Gasteiger partial charge >= 0.3 is 6.09 Å². The average Bonchev–Trinajstić information content (AvgIpc) is 2.95. The predicted molar refractivity (Wildman–Crippen MR) is 154 cm³/mol. The summed E-state index contributed by atoms with van der Waals surface area (Å²) in [7, 11) is -4.26. The van der Waals surface area contributed by atoms with E-state index in [0.29, 0.717) is 0 Å². The quantitative estimate of drug-likeness (QED) is 0.212. The molecule has 3 rings (SSSR count). The van der Waals surface area contributed by atoms with Crippen LogP contribution in [0.3, 0.4) is 0 Å². The van der Waals surface area contributed by atoms with Crippen molar-refractivity contribution in [3.63, 3.8) is 0 Å². The van der Waals surface area contributed by atoms with Gasteiger partial charge in [0.2, 0.25) is 15.9 Å². The number of carbonyl (C=O) groups excluding carboxylic acids is 2. The Bertz CT molecular complexity index is 1370. The van der Waals surface area contributed by atoms with E-state index in [1.807, 2.05) is 62.4 Å². The van der Waals surface area contributed by atoms with E-state index in [0.717, 1.165) is 11.1 Å². The molecule has 0 spiro atoms. The van der Waals surface area contributed by atoms with Crippen LogP contribution in [-0.2, 0) is 32.8 Å². The van der Waals surface area contributed by atoms with Crippen molar-refractivity contribution in [2.75, 3.05) is 0 Å². The largest absolute Gasteiger partial charge is 0.487 e. The van der Waals surface area contributed by atoms with Gasteiger partial charge in [0.25, 0.3) is 0 Å². The number of hydrogen-bond acceptors (Lipinski definition) is 7. The van der Waals surface area contributed by atoms with Crippen molar-refractivity contribution in [2.45, 2.75) is 63.6 Å². The van der Waals surface area contributed by atoms with Crippen LogP contribution in [0.5, 0.6) is 5.75 Å². The molecule has 0 fully saturated rings. The zero-order chi connectivity index (χ0) is 29.8. The Morgan fingerprint density at radius 1 is 0.805 bits per heavy atom. The highest BCUT2D eigenvalue weighted by atomic mass is 32.2. The number of nitrogens with one attached hydrogen (secondary N) is 3. The summed E-state index contributed by atoms with van der Waals surface area (Å²) in [6, 6.07) is 23.4. The monoisotopic (exact) mass is 583 g/mol. The van der Waals surface area contributed by atoms with Crippen molar-refractivity contribution in [1.29, 1.82) is 0 Å². The van der Waals surface area contributed by atoms with E-state index in [2.05, 4.69) is 15.4 Å². The highest BCUT2D eigenvalue weighted by Gasteiger charge is 2.30. The van der Waals surface area contributed by atoms with Crippen molar-refractivity contribution < 1.29 is 32.6 Å². The molecule has 220 valence electrons. The second kappa shape index (κ2) is 15.2. The summed E-state index contributed by atoms with van der Waals surface area (Å²) < 4.78 is 40.1. The third kappa shape index (κ3) is 10.2. The summed E-state index contributed by atoms with van der Waals surface area (Å²) in [5.74, 6) is -0.562. The van der Waals surface area contributed by atoms with Gasteiger partial charge in [-0.25, -0.2) is 13.2 Å². The summed E-state index contributed by atoms with van der Waals surface area (Å²) in [6.45, 7) is 5.25. The number of aliphatic hydroxyl groups excluding tert-OH is 1. The Labute approximate surface area is 241 Å². The molecule has 10 nitrogen and oxygen atoms in total. The van der Waals surface area contributed by atoms with Gasteiger partial charge in [-0.05, 0) is 42.5 Å². The van der Waals surface area contributed by atoms with Gasteiger partial charge < -0.3 is 25.2 Å². The van der Waals surface area contributed by atoms with Gasteiger partial charge in [-0.1, -0.05) is 86.6 Å². The van der Waals surface area contributed by atoms with Crippen LogP contribution in [0.15, 0.2) is 89.8 Å². The van der Waals surface area contributed by atoms with Crippen molar-refractivity contribution in [2.24, 2.45) is 5.92 Å². The fourth-order valence-corrected chi connectivity index (χ4v) is 5.24. The molecule has 3 aromatic rings. The third-order valence-corrected chi connectivity index (χ3v) is 7.45. The normalized spacial score (nSPS) is 13.6. The van der Waals surface area contributed by atoms with Crippen molar-refractivity contribution in [1.82, 2.24) is 15.4 Å². The second-order valence-electron chi connectivity index (χ2n) is 9.96. The Kier molecular flexibility index (Phi) is 11.7. The Hall–Kier alpha value is -3.93. The molecular formula is C30H37N3O7S. The van der Waals surface area contributed by atoms with Gasteiger partial charge in [0.05, 0.1) is 6.10 Å². The Morgan fingerprint density at radius 2 is 1.37 bits per heavy atom. The van der Waals surface area contributed by atoms with E-state index >= 15 is 0 Å². The van der Waals surface area contributed by atoms with Crippen LogP contribution in [0.25, 0.3) is 0 Å². The predicted octanol–water partition coefficient (Wildman–Crippen LogP) is 3.71. The lowest BCUT2D eigenvalue weighted by atomic mass is 10.0. The molecule has 0 aliphatic rings. The summed E-state index contributed by atoms with van der Waals surface area (Å²) in [5, 5.41) is 15.4. The maximum absolute atomic E-state index is 13.4. The van der Waals surface area contributed by atoms with Crippen molar-refractivity contribution in [3.8, 4) is 5.75 Å². The molecule has 0 saturated carbocycles. The molecule has 0 radical (unpaired) electrons. The highest BCUT2D eigenvalue weighted by Crippen LogP contribution is 2.24. The maximum atomic E-state index is 13.4. The van der Waals surface area contributed by atoms with Crippen LogP contribution in [0.2, 0.25) is 0 Å². The first-order chi connectivity index (χ1) is 19.5. The molecule has 3 aromatic carbocycles. The van der Waals surface area contributed by atoms with Crippen LogP contribution in [0.4, 0.5) is 4.79 Å². The molecule has 41 heavy (non-hydrogen) atoms. The van der Waals surface area contributed by atoms with Gasteiger partial charge in [0, 0.05) is 0 Å². The zero-order valence-corrected chi connectivity index (χ0v) is 24.1. The molecule has 4 N–H and O–H groups in total. The van der Waals surface area contributed by atoms with Crippen LogP contribution < -0.4 is 20.1 Å². The van der Waals surface area contributed by atoms with E-state index < -0.39 is 40.3 Å². The smallest absolute Gasteiger partial charge is 0.408 e. The lowest BCUT2D eigenvalue weighted by Crippen LogP contribution is -2.58. The van der Waals surface area contributed by atoms with E-state index in [1.54, 1.807) is 24.3 Å². The number of hydrogen-bond donors (Lipinski definition) is 4. The van der Waals surface area contributed by atoms with E-state index in [-0.39, 0.29) is 36.2 Å². The van der Waals surface area contributed by atoms with Gasteiger partial charge in [0.1, 0.15) is 36.1 Å². The van der Waals surface area contributed by atoms with Crippen molar-refractivity contribution >= 4 is 22.0 Å². The Balaban J connectivity index is 1.69. The molecule has 0 aliphatic carbocycles. The summed E-state index contributed by atoms with van der Waals surface area (Å²) in [5.41, 5.74) is 1.64. The van der Waals surface area contributed by atoms with Gasteiger partial charge in [-0.2, -0.15) is 4.72 Å². The average molecular weight is 584 g/mol. The third-order valence-electron chi connectivity index (χ3n) is 5.97. The molecule has 0 aliphatic heterocycles. The fraction of sp³-hybridized carbons (Fsp3) is 0.333. The number of amides is 2. The Morgan fingerprint density at radius 3 is 1.95 bits per heavy atom. The van der Waals surface area contributed by atoms with Gasteiger partial charge in [-0.3, -0.25) is 4.79 Å². The molecule has 0 heterocycles. The number of carbonyl (C=O) groups is 2. The van der Waals surface area contributed by atoms with E-state index in [1.165, 1.54) is 19.1 Å². The first kappa shape index (κ1) is 31.6. The molecule has 0 bridgehead atoms. The summed E-state index contributed by atoms with van der Waals surface area (Å²) in [4.78, 5) is 25.5. The standard InChI is InChI=1S/C30H37N3O7S/c1-21(2)18-25(31-30(36)40-20-24-14-8-5-9-15-24)29(35)32-28(22(3)34)33-41(37,38)27-17-11-10-16-26(27)39-19-23-12-6-4-7-13-23/h4-17,21-22,25,28,33-34H,18-20H2,1-3H3,(H,31,36)(H,32,35)/t22?,25-,28?/m0/s1. The van der Waals surface area contributed by atoms with Gasteiger partial charge in [-0.15, -0.1) is 0 Å². The molecule has 3 atom stereocenters. The number of rotatable bonds is 14. The summed E-state index contributed by atoms with van der Waals surface area (Å²) >= 11 is 0. The maximum Gasteiger partial charge on any atom is 0.408 e. The molecule has 11 heteroatoms. The zero-order valence-electron chi connectivity index (χ0n) is 23.3. The van der Waals surface area contributed by atoms with Crippen LogP contribution in [-0.4, -0.2) is 43.8 Å². The van der Waals surface area contributed by atoms with Crippen LogP contribution in [0, 0.1) is 5.92 Å². The first-order valence-corrected chi connectivity index (χ1v) is 14.8. The van der Waals surface area contributed by atoms with E-state index in [9.17, 15) is 23.1 Å². The first-order valence-electron chi connectivity index (χ1n) is 13.3. The lowest BCUT2D eigenvalue weighted by Gasteiger charge is -2.26.